The number of aliphatic hydroxyl groups is 1. The van der Waals surface area contributed by atoms with E-state index in [1.165, 1.54) is 5.56 Å². The Balaban J connectivity index is 1.58. The van der Waals surface area contributed by atoms with Crippen LogP contribution in [0.25, 0.3) is 10.9 Å². The molecular formula is C21H23ClN4O. The van der Waals surface area contributed by atoms with Crippen LogP contribution >= 0.6 is 11.6 Å². The number of aliphatic hydroxyl groups excluding tert-OH is 1. The van der Waals surface area contributed by atoms with Gasteiger partial charge in [0.1, 0.15) is 5.82 Å². The van der Waals surface area contributed by atoms with Crippen molar-refractivity contribution in [1.29, 1.82) is 0 Å². The van der Waals surface area contributed by atoms with Crippen LogP contribution in [0, 0.1) is 0 Å². The second kappa shape index (κ2) is 8.11. The topological polar surface area (TPSA) is 61.3 Å². The highest BCUT2D eigenvalue weighted by atomic mass is 35.5. The second-order valence-electron chi connectivity index (χ2n) is 6.87. The fourth-order valence-electron chi connectivity index (χ4n) is 3.63. The number of halogens is 1. The first-order valence-corrected chi connectivity index (χ1v) is 9.75. The summed E-state index contributed by atoms with van der Waals surface area (Å²) in [6.07, 6.45) is 2.89. The van der Waals surface area contributed by atoms with Crippen LogP contribution in [0.1, 0.15) is 18.4 Å². The van der Waals surface area contributed by atoms with Crippen molar-refractivity contribution in [2.24, 2.45) is 0 Å². The zero-order chi connectivity index (χ0) is 18.6. The molecule has 0 spiro atoms. The number of benzene rings is 2. The molecule has 6 heteroatoms. The van der Waals surface area contributed by atoms with Crippen LogP contribution in [-0.4, -0.2) is 40.8 Å². The van der Waals surface area contributed by atoms with E-state index in [9.17, 15) is 5.11 Å². The highest BCUT2D eigenvalue weighted by Gasteiger charge is 2.26. The van der Waals surface area contributed by atoms with Crippen LogP contribution in [0.4, 0.5) is 11.8 Å². The minimum atomic E-state index is 0.102. The Morgan fingerprint density at radius 1 is 1.15 bits per heavy atom. The maximum absolute atomic E-state index is 9.65. The van der Waals surface area contributed by atoms with Crippen molar-refractivity contribution in [3.63, 3.8) is 0 Å². The average molecular weight is 383 g/mol. The van der Waals surface area contributed by atoms with Crippen molar-refractivity contribution >= 4 is 34.3 Å². The number of nitrogens with zero attached hydrogens (tertiary/aromatic N) is 3. The Morgan fingerprint density at radius 3 is 2.89 bits per heavy atom. The molecule has 2 N–H and O–H groups in total. The first kappa shape index (κ1) is 18.0. The predicted molar refractivity (Wildman–Crippen MR) is 111 cm³/mol. The van der Waals surface area contributed by atoms with Gasteiger partial charge in [0.15, 0.2) is 0 Å². The maximum atomic E-state index is 9.65. The number of para-hydroxylation sites is 1. The van der Waals surface area contributed by atoms with Crippen LogP contribution < -0.4 is 10.2 Å². The van der Waals surface area contributed by atoms with Crippen molar-refractivity contribution in [2.75, 3.05) is 29.9 Å². The summed E-state index contributed by atoms with van der Waals surface area (Å²) in [4.78, 5) is 11.7. The number of fused-ring (bicyclic) bond motifs is 1. The molecule has 1 aromatic heterocycles. The van der Waals surface area contributed by atoms with Gasteiger partial charge in [-0.15, -0.1) is 0 Å². The molecule has 27 heavy (non-hydrogen) atoms. The van der Waals surface area contributed by atoms with E-state index in [1.807, 2.05) is 42.5 Å². The number of hydrogen-bond donors (Lipinski definition) is 2. The fourth-order valence-corrected chi connectivity index (χ4v) is 3.85. The van der Waals surface area contributed by atoms with E-state index >= 15 is 0 Å². The lowest BCUT2D eigenvalue weighted by molar-refractivity contribution is 0.265. The highest BCUT2D eigenvalue weighted by Crippen LogP contribution is 2.27. The number of anilines is 2. The third-order valence-corrected chi connectivity index (χ3v) is 5.27. The van der Waals surface area contributed by atoms with Crippen molar-refractivity contribution in [3.8, 4) is 0 Å². The molecule has 140 valence electrons. The van der Waals surface area contributed by atoms with Crippen LogP contribution in [0.15, 0.2) is 48.5 Å². The number of nitrogens with one attached hydrogen (secondary N) is 1. The van der Waals surface area contributed by atoms with Crippen molar-refractivity contribution in [1.82, 2.24) is 9.97 Å². The monoisotopic (exact) mass is 382 g/mol. The van der Waals surface area contributed by atoms with Gasteiger partial charge in [-0.25, -0.2) is 4.98 Å². The number of rotatable bonds is 6. The number of aromatic nitrogens is 2. The summed E-state index contributed by atoms with van der Waals surface area (Å²) >= 11 is 6.07. The molecule has 1 fully saturated rings. The Kier molecular flexibility index (Phi) is 5.41. The van der Waals surface area contributed by atoms with E-state index in [0.29, 0.717) is 5.95 Å². The van der Waals surface area contributed by atoms with Gasteiger partial charge in [-0.2, -0.15) is 4.98 Å². The largest absolute Gasteiger partial charge is 0.394 e. The Bertz CT molecular complexity index is 933. The van der Waals surface area contributed by atoms with E-state index in [-0.39, 0.29) is 12.6 Å². The minimum absolute atomic E-state index is 0.102. The van der Waals surface area contributed by atoms with Gasteiger partial charge in [-0.1, -0.05) is 35.9 Å². The van der Waals surface area contributed by atoms with Gasteiger partial charge < -0.3 is 15.3 Å². The van der Waals surface area contributed by atoms with Crippen LogP contribution in [0.3, 0.4) is 0 Å². The van der Waals surface area contributed by atoms with Crippen LogP contribution in [-0.2, 0) is 6.42 Å². The zero-order valence-corrected chi connectivity index (χ0v) is 15.9. The second-order valence-corrected chi connectivity index (χ2v) is 7.30. The fraction of sp³-hybridized carbons (Fsp3) is 0.333. The van der Waals surface area contributed by atoms with E-state index in [4.69, 9.17) is 21.6 Å². The zero-order valence-electron chi connectivity index (χ0n) is 15.1. The van der Waals surface area contributed by atoms with E-state index in [2.05, 4.69) is 16.3 Å². The molecule has 5 nitrogen and oxygen atoms in total. The third kappa shape index (κ3) is 3.99. The molecule has 0 amide bonds. The summed E-state index contributed by atoms with van der Waals surface area (Å²) in [5.41, 5.74) is 2.10. The standard InChI is InChI=1S/C21H23ClN4O/c22-16-6-3-5-15(13-16)10-11-23-20-18-8-1-2-9-19(18)24-21(25-20)26-12-4-7-17(26)14-27/h1-3,5-6,8-9,13,17,27H,4,7,10-12,14H2,(H,23,24,25)/t17-/m0/s1. The first-order valence-electron chi connectivity index (χ1n) is 9.37. The van der Waals surface area contributed by atoms with Crippen molar-refractivity contribution in [3.05, 3.63) is 59.1 Å². The van der Waals surface area contributed by atoms with Gasteiger partial charge in [0.05, 0.1) is 18.2 Å². The smallest absolute Gasteiger partial charge is 0.228 e. The summed E-state index contributed by atoms with van der Waals surface area (Å²) in [5, 5.41) is 14.9. The van der Waals surface area contributed by atoms with E-state index in [1.54, 1.807) is 0 Å². The first-order chi connectivity index (χ1) is 13.2. The minimum Gasteiger partial charge on any atom is -0.394 e. The molecule has 0 bridgehead atoms. The maximum Gasteiger partial charge on any atom is 0.228 e. The van der Waals surface area contributed by atoms with Gasteiger partial charge >= 0.3 is 0 Å². The molecule has 2 heterocycles. The summed E-state index contributed by atoms with van der Waals surface area (Å²) in [6, 6.07) is 16.1. The lowest BCUT2D eigenvalue weighted by Gasteiger charge is -2.24. The van der Waals surface area contributed by atoms with Gasteiger partial charge in [0.25, 0.3) is 0 Å². The summed E-state index contributed by atoms with van der Waals surface area (Å²) in [5.74, 6) is 1.52. The summed E-state index contributed by atoms with van der Waals surface area (Å²) in [7, 11) is 0. The molecule has 1 saturated heterocycles. The highest BCUT2D eigenvalue weighted by molar-refractivity contribution is 6.30. The van der Waals surface area contributed by atoms with Gasteiger partial charge in [-0.05, 0) is 49.1 Å². The summed E-state index contributed by atoms with van der Waals surface area (Å²) in [6.45, 7) is 1.77. The van der Waals surface area contributed by atoms with E-state index < -0.39 is 0 Å². The molecule has 1 atom stereocenters. The van der Waals surface area contributed by atoms with Crippen LogP contribution in [0.5, 0.6) is 0 Å². The molecule has 0 aliphatic carbocycles. The SMILES string of the molecule is OC[C@@H]1CCCN1c1nc(NCCc2cccc(Cl)c2)c2ccccc2n1. The Hall–Kier alpha value is -2.37. The third-order valence-electron chi connectivity index (χ3n) is 5.03. The van der Waals surface area contributed by atoms with Gasteiger partial charge in [0.2, 0.25) is 5.95 Å². The molecule has 4 rings (SSSR count). The molecule has 1 aliphatic rings. The lowest BCUT2D eigenvalue weighted by atomic mass is 10.1. The quantitative estimate of drug-likeness (QED) is 0.677. The molecular weight excluding hydrogens is 360 g/mol. The van der Waals surface area contributed by atoms with Crippen LogP contribution in [0.2, 0.25) is 5.02 Å². The lowest BCUT2D eigenvalue weighted by Crippen LogP contribution is -2.33. The average Bonchev–Trinajstić information content (AvgIpc) is 3.17. The van der Waals surface area contributed by atoms with Gasteiger partial charge in [0, 0.05) is 23.5 Å². The van der Waals surface area contributed by atoms with Crippen molar-refractivity contribution in [2.45, 2.75) is 25.3 Å². The Labute approximate surface area is 164 Å². The molecule has 0 radical (unpaired) electrons. The normalized spacial score (nSPS) is 16.8. The molecule has 0 unspecified atom stereocenters. The number of hydrogen-bond acceptors (Lipinski definition) is 5. The molecule has 2 aromatic carbocycles. The summed E-state index contributed by atoms with van der Waals surface area (Å²) < 4.78 is 0. The molecule has 3 aromatic rings. The molecule has 1 aliphatic heterocycles. The van der Waals surface area contributed by atoms with Crippen molar-refractivity contribution < 1.29 is 5.11 Å². The Morgan fingerprint density at radius 2 is 2.04 bits per heavy atom. The van der Waals surface area contributed by atoms with Gasteiger partial charge in [-0.3, -0.25) is 0 Å². The molecule has 0 saturated carbocycles. The predicted octanol–water partition coefficient (Wildman–Crippen LogP) is 3.90. The van der Waals surface area contributed by atoms with E-state index in [0.717, 1.165) is 54.1 Å².